The Morgan fingerprint density at radius 3 is 2.35 bits per heavy atom. The summed E-state index contributed by atoms with van der Waals surface area (Å²) in [7, 11) is 1.43. The first-order valence-electron chi connectivity index (χ1n) is 7.07. The molecule has 128 valence electrons. The zero-order valence-electron chi connectivity index (χ0n) is 12.5. The van der Waals surface area contributed by atoms with Gasteiger partial charge in [0.05, 0.1) is 6.61 Å². The number of aliphatic hydroxyl groups excluding tert-OH is 4. The molecule has 8 nitrogen and oxygen atoms in total. The Balaban J connectivity index is 2.04. The van der Waals surface area contributed by atoms with E-state index in [1.807, 2.05) is 0 Å². The van der Waals surface area contributed by atoms with Crippen LogP contribution in [0, 0.1) is 0 Å². The first-order chi connectivity index (χ1) is 11.0. The van der Waals surface area contributed by atoms with Gasteiger partial charge in [-0.25, -0.2) is 0 Å². The maximum atomic E-state index is 11.6. The molecule has 1 saturated heterocycles. The zero-order chi connectivity index (χ0) is 17.0. The van der Waals surface area contributed by atoms with E-state index in [4.69, 9.17) is 19.3 Å². The van der Waals surface area contributed by atoms with Crippen LogP contribution in [0.2, 0.25) is 0 Å². The zero-order valence-corrected chi connectivity index (χ0v) is 12.5. The van der Waals surface area contributed by atoms with E-state index in [0.29, 0.717) is 11.3 Å². The predicted octanol–water partition coefficient (Wildman–Crippen LogP) is -1.31. The van der Waals surface area contributed by atoms with Gasteiger partial charge in [0.2, 0.25) is 6.29 Å². The molecular formula is C15H20O8. The average molecular weight is 328 g/mol. The SMILES string of the molecule is COCC(=O)c1ccc(O[C@@H]2O[C@H](CO)[C@@H](O)[C@@H](O)[C@H]2O)cc1. The van der Waals surface area contributed by atoms with Gasteiger partial charge in [-0.2, -0.15) is 0 Å². The lowest BCUT2D eigenvalue weighted by Crippen LogP contribution is -2.60. The largest absolute Gasteiger partial charge is 0.462 e. The van der Waals surface area contributed by atoms with E-state index in [-0.39, 0.29) is 12.4 Å². The van der Waals surface area contributed by atoms with Crippen LogP contribution in [0.4, 0.5) is 0 Å². The number of ketones is 1. The van der Waals surface area contributed by atoms with Gasteiger partial charge >= 0.3 is 0 Å². The van der Waals surface area contributed by atoms with Crippen molar-refractivity contribution in [2.45, 2.75) is 30.7 Å². The van der Waals surface area contributed by atoms with Crippen molar-refractivity contribution in [1.82, 2.24) is 0 Å². The molecule has 0 saturated carbocycles. The second-order valence-electron chi connectivity index (χ2n) is 5.20. The fourth-order valence-electron chi connectivity index (χ4n) is 2.23. The van der Waals surface area contributed by atoms with Gasteiger partial charge < -0.3 is 34.6 Å². The van der Waals surface area contributed by atoms with Gasteiger partial charge in [0.25, 0.3) is 0 Å². The topological polar surface area (TPSA) is 126 Å². The van der Waals surface area contributed by atoms with Crippen molar-refractivity contribution >= 4 is 5.78 Å². The van der Waals surface area contributed by atoms with Crippen LogP contribution in [0.15, 0.2) is 24.3 Å². The lowest BCUT2D eigenvalue weighted by molar-refractivity contribution is -0.277. The molecule has 0 spiro atoms. The molecule has 8 heteroatoms. The maximum absolute atomic E-state index is 11.6. The molecule has 4 N–H and O–H groups in total. The molecular weight excluding hydrogens is 308 g/mol. The summed E-state index contributed by atoms with van der Waals surface area (Å²) in [6.45, 7) is -0.567. The normalized spacial score (nSPS) is 30.9. The Morgan fingerprint density at radius 2 is 1.78 bits per heavy atom. The fraction of sp³-hybridized carbons (Fsp3) is 0.533. The van der Waals surface area contributed by atoms with Crippen LogP contribution >= 0.6 is 0 Å². The van der Waals surface area contributed by atoms with Crippen molar-refractivity contribution in [3.05, 3.63) is 29.8 Å². The highest BCUT2D eigenvalue weighted by Gasteiger charge is 2.44. The van der Waals surface area contributed by atoms with E-state index in [0.717, 1.165) is 0 Å². The summed E-state index contributed by atoms with van der Waals surface area (Å²) in [4.78, 5) is 11.6. The minimum atomic E-state index is -1.51. The predicted molar refractivity (Wildman–Crippen MR) is 77.0 cm³/mol. The molecule has 0 bridgehead atoms. The number of rotatable bonds is 6. The number of carbonyl (C=O) groups is 1. The summed E-state index contributed by atoms with van der Waals surface area (Å²) >= 11 is 0. The monoisotopic (exact) mass is 328 g/mol. The number of carbonyl (C=O) groups excluding carboxylic acids is 1. The smallest absolute Gasteiger partial charge is 0.229 e. The third-order valence-electron chi connectivity index (χ3n) is 3.55. The standard InChI is InChI=1S/C15H20O8/c1-21-7-10(17)8-2-4-9(5-3-8)22-15-14(20)13(19)12(18)11(6-16)23-15/h2-5,11-16,18-20H,6-7H2,1H3/t11-,12-,13-,14-,15-/m1/s1. The molecule has 1 aromatic rings. The number of hydrogen-bond acceptors (Lipinski definition) is 8. The molecule has 23 heavy (non-hydrogen) atoms. The highest BCUT2D eigenvalue weighted by atomic mass is 16.7. The third kappa shape index (κ3) is 4.05. The Bertz CT molecular complexity index is 515. The van der Waals surface area contributed by atoms with Gasteiger partial charge in [-0.3, -0.25) is 4.79 Å². The van der Waals surface area contributed by atoms with E-state index in [9.17, 15) is 20.1 Å². The summed E-state index contributed by atoms with van der Waals surface area (Å²) < 4.78 is 15.4. The van der Waals surface area contributed by atoms with Crippen LogP contribution in [-0.4, -0.2) is 77.2 Å². The maximum Gasteiger partial charge on any atom is 0.229 e. The summed E-state index contributed by atoms with van der Waals surface area (Å²) in [6.07, 6.45) is -6.73. The molecule has 0 radical (unpaired) electrons. The third-order valence-corrected chi connectivity index (χ3v) is 3.55. The quantitative estimate of drug-likeness (QED) is 0.475. The first kappa shape index (κ1) is 17.8. The second-order valence-corrected chi connectivity index (χ2v) is 5.20. The van der Waals surface area contributed by atoms with Gasteiger partial charge in [0.1, 0.15) is 36.8 Å². The molecule has 0 amide bonds. The molecule has 0 unspecified atom stereocenters. The van der Waals surface area contributed by atoms with Crippen LogP contribution in [-0.2, 0) is 9.47 Å². The van der Waals surface area contributed by atoms with Gasteiger partial charge in [-0.15, -0.1) is 0 Å². The van der Waals surface area contributed by atoms with Crippen molar-refractivity contribution in [3.63, 3.8) is 0 Å². The molecule has 1 aliphatic rings. The Kier molecular flexibility index (Phi) is 6.05. The lowest BCUT2D eigenvalue weighted by Gasteiger charge is -2.39. The van der Waals surface area contributed by atoms with Gasteiger partial charge in [-0.1, -0.05) is 0 Å². The summed E-state index contributed by atoms with van der Waals surface area (Å²) in [6, 6.07) is 6.07. The summed E-state index contributed by atoms with van der Waals surface area (Å²) in [5.41, 5.74) is 0.438. The molecule has 1 aliphatic heterocycles. The summed E-state index contributed by atoms with van der Waals surface area (Å²) in [5, 5.41) is 38.4. The van der Waals surface area contributed by atoms with E-state index in [2.05, 4.69) is 0 Å². The van der Waals surface area contributed by atoms with Gasteiger partial charge in [-0.05, 0) is 24.3 Å². The van der Waals surface area contributed by atoms with Gasteiger partial charge in [0.15, 0.2) is 5.78 Å². The first-order valence-corrected chi connectivity index (χ1v) is 7.07. The van der Waals surface area contributed by atoms with Crippen molar-refractivity contribution in [2.24, 2.45) is 0 Å². The van der Waals surface area contributed by atoms with Crippen molar-refractivity contribution < 1.29 is 39.4 Å². The number of Topliss-reactive ketones (excluding diaryl/α,β-unsaturated/α-hetero) is 1. The van der Waals surface area contributed by atoms with E-state index in [1.165, 1.54) is 31.4 Å². The molecule has 2 rings (SSSR count). The fourth-order valence-corrected chi connectivity index (χ4v) is 2.23. The Hall–Kier alpha value is -1.55. The van der Waals surface area contributed by atoms with E-state index >= 15 is 0 Å². The number of benzene rings is 1. The van der Waals surface area contributed by atoms with Crippen LogP contribution < -0.4 is 4.74 Å². The Labute approximate surface area is 132 Å². The van der Waals surface area contributed by atoms with Crippen molar-refractivity contribution in [2.75, 3.05) is 20.3 Å². The highest BCUT2D eigenvalue weighted by Crippen LogP contribution is 2.24. The van der Waals surface area contributed by atoms with Crippen molar-refractivity contribution in [3.8, 4) is 5.75 Å². The van der Waals surface area contributed by atoms with Crippen LogP contribution in [0.25, 0.3) is 0 Å². The minimum Gasteiger partial charge on any atom is -0.462 e. The molecule has 1 aromatic carbocycles. The molecule has 0 aromatic heterocycles. The number of methoxy groups -OCH3 is 1. The average Bonchev–Trinajstić information content (AvgIpc) is 2.56. The van der Waals surface area contributed by atoms with E-state index in [1.54, 1.807) is 0 Å². The second kappa shape index (κ2) is 7.82. The summed E-state index contributed by atoms with van der Waals surface area (Å²) in [5.74, 6) is 0.107. The number of aliphatic hydroxyl groups is 4. The van der Waals surface area contributed by atoms with Crippen molar-refractivity contribution in [1.29, 1.82) is 0 Å². The Morgan fingerprint density at radius 1 is 1.13 bits per heavy atom. The number of ether oxygens (including phenoxy) is 3. The molecule has 1 fully saturated rings. The molecule has 5 atom stereocenters. The minimum absolute atomic E-state index is 0.0348. The van der Waals surface area contributed by atoms with E-state index < -0.39 is 37.3 Å². The van der Waals surface area contributed by atoms with Crippen LogP contribution in [0.5, 0.6) is 5.75 Å². The highest BCUT2D eigenvalue weighted by molar-refractivity contribution is 5.97. The van der Waals surface area contributed by atoms with Crippen LogP contribution in [0.1, 0.15) is 10.4 Å². The lowest BCUT2D eigenvalue weighted by atomic mass is 9.99. The number of hydrogen-bond donors (Lipinski definition) is 4. The van der Waals surface area contributed by atoms with Crippen LogP contribution in [0.3, 0.4) is 0 Å². The molecule has 0 aliphatic carbocycles. The van der Waals surface area contributed by atoms with Gasteiger partial charge in [0, 0.05) is 12.7 Å². The molecule has 1 heterocycles.